The Labute approximate surface area is 213 Å². The Morgan fingerprint density at radius 1 is 0.971 bits per heavy atom. The molecule has 5 heteroatoms. The van der Waals surface area contributed by atoms with Crippen molar-refractivity contribution in [2.24, 2.45) is 39.4 Å². The first kappa shape index (κ1) is 27.6. The van der Waals surface area contributed by atoms with Crippen LogP contribution in [0.4, 0.5) is 0 Å². The Hall–Kier alpha value is -0.460. The van der Waals surface area contributed by atoms with Crippen molar-refractivity contribution in [2.75, 3.05) is 0 Å². The fraction of sp³-hybridized carbons (Fsp3) is 0.933. The summed E-state index contributed by atoms with van der Waals surface area (Å²) in [6.45, 7) is 18.8. The van der Waals surface area contributed by atoms with Gasteiger partial charge in [0, 0.05) is 5.92 Å². The molecule has 0 saturated heterocycles. The molecule has 35 heavy (non-hydrogen) atoms. The second-order valence-electron chi connectivity index (χ2n) is 14.7. The second kappa shape index (κ2) is 8.27. The summed E-state index contributed by atoms with van der Waals surface area (Å²) in [5.74, 6) is 0.279. The van der Waals surface area contributed by atoms with Crippen LogP contribution in [-0.2, 0) is 0 Å². The zero-order valence-electron chi connectivity index (χ0n) is 23.3. The van der Waals surface area contributed by atoms with E-state index in [0.717, 1.165) is 32.1 Å². The van der Waals surface area contributed by atoms with Gasteiger partial charge < -0.3 is 25.5 Å². The average Bonchev–Trinajstić information content (AvgIpc) is 3.06. The molecule has 4 aliphatic rings. The number of aliphatic hydroxyl groups is 5. The van der Waals surface area contributed by atoms with Crippen molar-refractivity contribution < 1.29 is 25.5 Å². The number of rotatable bonds is 5. The van der Waals surface area contributed by atoms with Crippen LogP contribution in [0.25, 0.3) is 0 Å². The molecule has 4 aliphatic carbocycles. The van der Waals surface area contributed by atoms with Gasteiger partial charge in [-0.15, -0.1) is 0 Å². The summed E-state index contributed by atoms with van der Waals surface area (Å²) in [7, 11) is 0. The normalized spacial score (nSPS) is 51.5. The molecule has 4 saturated carbocycles. The van der Waals surface area contributed by atoms with Crippen molar-refractivity contribution in [1.82, 2.24) is 0 Å². The van der Waals surface area contributed by atoms with Gasteiger partial charge in [-0.2, -0.15) is 0 Å². The van der Waals surface area contributed by atoms with Gasteiger partial charge in [-0.1, -0.05) is 46.8 Å². The highest BCUT2D eigenvalue weighted by atomic mass is 16.4. The lowest BCUT2D eigenvalue weighted by atomic mass is 9.35. The quantitative estimate of drug-likeness (QED) is 0.362. The fourth-order valence-electron chi connectivity index (χ4n) is 10.3. The molecule has 0 aliphatic heterocycles. The first-order chi connectivity index (χ1) is 15.9. The van der Waals surface area contributed by atoms with Crippen LogP contribution in [0.15, 0.2) is 12.2 Å². The lowest BCUT2D eigenvalue weighted by Gasteiger charge is -2.70. The van der Waals surface area contributed by atoms with Crippen LogP contribution < -0.4 is 0 Å². The standard InChI is InChI=1S/C30H52O5/c1-18(2)19(31)9-14-29(8,34)30(35)16-15-28(7)24(30)20(32)17-22-26(5)12-11-23(33)25(3,4)21(26)10-13-27(22,28)6/h19-24,31-35H,1,9-17H2,2-8H3/t19?,20?,21?,22?,23-,24?,26+,27-,28-,29?,30-/m1/s1. The minimum atomic E-state index is -1.42. The highest BCUT2D eigenvalue weighted by Gasteiger charge is 2.74. The molecule has 4 rings (SSSR count). The van der Waals surface area contributed by atoms with E-state index in [1.54, 1.807) is 13.8 Å². The Morgan fingerprint density at radius 2 is 1.60 bits per heavy atom. The minimum absolute atomic E-state index is 0.0273. The van der Waals surface area contributed by atoms with Crippen LogP contribution in [0.3, 0.4) is 0 Å². The van der Waals surface area contributed by atoms with E-state index < -0.39 is 29.3 Å². The number of aliphatic hydroxyl groups excluding tert-OH is 3. The van der Waals surface area contributed by atoms with E-state index in [9.17, 15) is 25.5 Å². The largest absolute Gasteiger partial charge is 0.393 e. The number of hydrogen-bond donors (Lipinski definition) is 5. The van der Waals surface area contributed by atoms with Crippen LogP contribution in [0.5, 0.6) is 0 Å². The number of fused-ring (bicyclic) bond motifs is 5. The monoisotopic (exact) mass is 492 g/mol. The highest BCUT2D eigenvalue weighted by molar-refractivity contribution is 5.24. The molecule has 0 amide bonds. The highest BCUT2D eigenvalue weighted by Crippen LogP contribution is 2.76. The van der Waals surface area contributed by atoms with Gasteiger partial charge in [0.2, 0.25) is 0 Å². The third kappa shape index (κ3) is 3.58. The molecule has 5 N–H and O–H groups in total. The van der Waals surface area contributed by atoms with Crippen molar-refractivity contribution >= 4 is 0 Å². The fourth-order valence-corrected chi connectivity index (χ4v) is 10.3. The second-order valence-corrected chi connectivity index (χ2v) is 14.7. The van der Waals surface area contributed by atoms with Gasteiger partial charge in [0.15, 0.2) is 0 Å². The molecule has 202 valence electrons. The molecular formula is C30H52O5. The topological polar surface area (TPSA) is 101 Å². The van der Waals surface area contributed by atoms with Gasteiger partial charge in [0.1, 0.15) is 0 Å². The summed E-state index contributed by atoms with van der Waals surface area (Å²) in [5, 5.41) is 56.7. The first-order valence-electron chi connectivity index (χ1n) is 14.0. The van der Waals surface area contributed by atoms with Crippen LogP contribution in [-0.4, -0.2) is 55.0 Å². The summed E-state index contributed by atoms with van der Waals surface area (Å²) in [5.41, 5.74) is -2.69. The van der Waals surface area contributed by atoms with E-state index in [1.807, 2.05) is 0 Å². The first-order valence-corrected chi connectivity index (χ1v) is 14.0. The van der Waals surface area contributed by atoms with Crippen LogP contribution in [0.1, 0.15) is 106 Å². The summed E-state index contributed by atoms with van der Waals surface area (Å²) >= 11 is 0. The Kier molecular flexibility index (Phi) is 6.51. The third-order valence-corrected chi connectivity index (χ3v) is 12.8. The van der Waals surface area contributed by atoms with Crippen LogP contribution >= 0.6 is 0 Å². The maximum atomic E-state index is 12.2. The van der Waals surface area contributed by atoms with E-state index in [4.69, 9.17) is 0 Å². The van der Waals surface area contributed by atoms with Crippen molar-refractivity contribution in [2.45, 2.75) is 136 Å². The van der Waals surface area contributed by atoms with E-state index in [-0.39, 0.29) is 34.2 Å². The van der Waals surface area contributed by atoms with E-state index in [2.05, 4.69) is 41.2 Å². The molecule has 0 spiro atoms. The van der Waals surface area contributed by atoms with Crippen LogP contribution in [0.2, 0.25) is 0 Å². The van der Waals surface area contributed by atoms with Crippen molar-refractivity contribution in [3.05, 3.63) is 12.2 Å². The van der Waals surface area contributed by atoms with Crippen LogP contribution in [0, 0.1) is 39.4 Å². The maximum Gasteiger partial charge on any atom is 0.0988 e. The van der Waals surface area contributed by atoms with Gasteiger partial charge >= 0.3 is 0 Å². The van der Waals surface area contributed by atoms with E-state index in [1.165, 1.54) is 0 Å². The molecule has 6 unspecified atom stereocenters. The molecule has 11 atom stereocenters. The Balaban J connectivity index is 1.69. The van der Waals surface area contributed by atoms with Gasteiger partial charge in [-0.25, -0.2) is 0 Å². The Bertz CT molecular complexity index is 852. The average molecular weight is 493 g/mol. The molecule has 0 aromatic heterocycles. The van der Waals surface area contributed by atoms with E-state index in [0.29, 0.717) is 36.7 Å². The molecule has 0 aromatic rings. The molecule has 4 fully saturated rings. The third-order valence-electron chi connectivity index (χ3n) is 12.8. The van der Waals surface area contributed by atoms with Gasteiger partial charge in [-0.3, -0.25) is 0 Å². The van der Waals surface area contributed by atoms with E-state index >= 15 is 0 Å². The van der Waals surface area contributed by atoms with Crippen molar-refractivity contribution in [3.8, 4) is 0 Å². The molecule has 0 radical (unpaired) electrons. The molecule has 0 bridgehead atoms. The predicted octanol–water partition coefficient (Wildman–Crippen LogP) is 4.59. The van der Waals surface area contributed by atoms with Crippen molar-refractivity contribution in [1.29, 1.82) is 0 Å². The summed E-state index contributed by atoms with van der Waals surface area (Å²) in [6.07, 6.45) is 4.56. The molecular weight excluding hydrogens is 440 g/mol. The number of hydrogen-bond acceptors (Lipinski definition) is 5. The van der Waals surface area contributed by atoms with Gasteiger partial charge in [0.05, 0.1) is 29.5 Å². The maximum absolute atomic E-state index is 12.2. The summed E-state index contributed by atoms with van der Waals surface area (Å²) in [6, 6.07) is 0. The zero-order chi connectivity index (χ0) is 26.4. The smallest absolute Gasteiger partial charge is 0.0988 e. The predicted molar refractivity (Wildman–Crippen MR) is 139 cm³/mol. The summed E-state index contributed by atoms with van der Waals surface area (Å²) < 4.78 is 0. The molecule has 0 heterocycles. The van der Waals surface area contributed by atoms with Crippen molar-refractivity contribution in [3.63, 3.8) is 0 Å². The Morgan fingerprint density at radius 3 is 2.20 bits per heavy atom. The van der Waals surface area contributed by atoms with Gasteiger partial charge in [-0.05, 0) is 105 Å². The van der Waals surface area contributed by atoms with Gasteiger partial charge in [0.25, 0.3) is 0 Å². The zero-order valence-corrected chi connectivity index (χ0v) is 23.3. The lowest BCUT2D eigenvalue weighted by molar-refractivity contribution is -0.271. The molecule has 0 aromatic carbocycles. The minimum Gasteiger partial charge on any atom is -0.393 e. The SMILES string of the molecule is C=C(C)C(O)CCC(C)(O)[C@@]1(O)CC[C@]2(C)C1C(O)CC1[C@@]3(C)CC[C@@H](O)C(C)(C)C3CC[C@]12C. The summed E-state index contributed by atoms with van der Waals surface area (Å²) in [4.78, 5) is 0. The molecule has 5 nitrogen and oxygen atoms in total. The lowest BCUT2D eigenvalue weighted by Crippen LogP contribution is -2.69.